The van der Waals surface area contributed by atoms with E-state index >= 15 is 0 Å². The minimum absolute atomic E-state index is 0.139. The van der Waals surface area contributed by atoms with Gasteiger partial charge in [0, 0.05) is 35.9 Å². The second-order valence-corrected chi connectivity index (χ2v) is 19.5. The van der Waals surface area contributed by atoms with Crippen LogP contribution in [0, 0.1) is 11.3 Å². The number of likely N-dealkylation sites (tertiary alicyclic amines) is 1. The highest BCUT2D eigenvalue weighted by atomic mass is 16.6. The molecule has 0 amide bonds. The minimum Gasteiger partial charge on any atom is -0.507 e. The predicted octanol–water partition coefficient (Wildman–Crippen LogP) is 9.25. The average Bonchev–Trinajstić information content (AvgIpc) is 2.92. The second-order valence-electron chi connectivity index (χ2n) is 19.5. The largest absolute Gasteiger partial charge is 0.507 e. The number of nitrogens with one attached hydrogen (secondary N) is 1. The van der Waals surface area contributed by atoms with Crippen molar-refractivity contribution in [2.45, 2.75) is 195 Å². The monoisotopic (exact) mass is 687 g/mol. The van der Waals surface area contributed by atoms with Crippen molar-refractivity contribution in [2.24, 2.45) is 11.3 Å². The van der Waals surface area contributed by atoms with Crippen molar-refractivity contribution in [2.75, 3.05) is 14.1 Å². The standard InChI is InChI=1S/C42H74N2O5/c1-18-19-20-42(35(46)48-30(21-28(2)3)25-39(10,11)43-16,36(47)49-31-26-40(12,13)44(17)41(14,15)27-31)24-29-22-32(37(4,5)6)34(45)33(23-29)38(7,8)9/h22-23,28,30-31,43,45H,18-21,24-27H2,1-17H3. The number of unbranched alkanes of at least 4 members (excludes halogenated alkanes) is 1. The molecule has 1 aliphatic heterocycles. The molecule has 49 heavy (non-hydrogen) atoms. The summed E-state index contributed by atoms with van der Waals surface area (Å²) in [6, 6.07) is 3.98. The number of esters is 2. The summed E-state index contributed by atoms with van der Waals surface area (Å²) in [6.07, 6.45) is 3.88. The molecule has 282 valence electrons. The number of hydrogen-bond acceptors (Lipinski definition) is 7. The van der Waals surface area contributed by atoms with Crippen molar-refractivity contribution in [3.8, 4) is 5.75 Å². The SMILES string of the molecule is CCCCC(Cc1cc(C(C)(C)C)c(O)c(C(C)(C)C)c1)(C(=O)OC(CC(C)C)CC(C)(C)NC)C(=O)OC1CC(C)(C)N(C)C(C)(C)C1. The number of carbonyl (C=O) groups excluding carboxylic acids is 2. The zero-order chi connectivity index (χ0) is 38.0. The Morgan fingerprint density at radius 1 is 0.939 bits per heavy atom. The van der Waals surface area contributed by atoms with Crippen LogP contribution in [-0.2, 0) is 36.3 Å². The molecule has 1 aromatic carbocycles. The molecule has 2 unspecified atom stereocenters. The van der Waals surface area contributed by atoms with Gasteiger partial charge in [-0.1, -0.05) is 87.3 Å². The van der Waals surface area contributed by atoms with Crippen molar-refractivity contribution in [3.63, 3.8) is 0 Å². The lowest BCUT2D eigenvalue weighted by atomic mass is 9.73. The summed E-state index contributed by atoms with van der Waals surface area (Å²) in [5.74, 6) is -0.425. The number of rotatable bonds is 14. The van der Waals surface area contributed by atoms with Gasteiger partial charge in [-0.3, -0.25) is 14.5 Å². The maximum Gasteiger partial charge on any atom is 0.324 e. The molecule has 2 N–H and O–H groups in total. The number of nitrogens with zero attached hydrogens (tertiary/aromatic N) is 1. The lowest BCUT2D eigenvalue weighted by molar-refractivity contribution is -0.185. The van der Waals surface area contributed by atoms with E-state index in [1.165, 1.54) is 0 Å². The summed E-state index contributed by atoms with van der Waals surface area (Å²) in [5.41, 5.74) is -0.495. The number of piperidine rings is 1. The van der Waals surface area contributed by atoms with E-state index in [9.17, 15) is 14.7 Å². The Morgan fingerprint density at radius 2 is 1.43 bits per heavy atom. The fourth-order valence-corrected chi connectivity index (χ4v) is 7.55. The quantitative estimate of drug-likeness (QED) is 0.149. The van der Waals surface area contributed by atoms with E-state index < -0.39 is 17.4 Å². The van der Waals surface area contributed by atoms with Gasteiger partial charge in [0.05, 0.1) is 0 Å². The lowest BCUT2D eigenvalue weighted by Gasteiger charge is -2.53. The number of aromatic hydroxyl groups is 1. The highest BCUT2D eigenvalue weighted by molar-refractivity contribution is 6.00. The normalized spacial score (nSPS) is 19.4. The second kappa shape index (κ2) is 15.6. The topological polar surface area (TPSA) is 88.1 Å². The van der Waals surface area contributed by atoms with Crippen molar-refractivity contribution < 1.29 is 24.2 Å². The van der Waals surface area contributed by atoms with Gasteiger partial charge in [0.25, 0.3) is 0 Å². The number of hydrogen-bond donors (Lipinski definition) is 2. The van der Waals surface area contributed by atoms with Crippen molar-refractivity contribution in [1.82, 2.24) is 10.2 Å². The molecule has 7 nitrogen and oxygen atoms in total. The number of phenolic OH excluding ortho intramolecular Hbond substituents is 1. The van der Waals surface area contributed by atoms with E-state index in [0.29, 0.717) is 44.4 Å². The first-order chi connectivity index (χ1) is 22.1. The summed E-state index contributed by atoms with van der Waals surface area (Å²) >= 11 is 0. The maximum absolute atomic E-state index is 15.0. The molecule has 7 heteroatoms. The number of ether oxygens (including phenoxy) is 2. The van der Waals surface area contributed by atoms with Crippen LogP contribution in [0.15, 0.2) is 12.1 Å². The fraction of sp³-hybridized carbons (Fsp3) is 0.810. The summed E-state index contributed by atoms with van der Waals surface area (Å²) in [7, 11) is 4.05. The van der Waals surface area contributed by atoms with Crippen LogP contribution in [0.5, 0.6) is 5.75 Å². The molecule has 0 spiro atoms. The number of benzene rings is 1. The van der Waals surface area contributed by atoms with Crippen LogP contribution >= 0.6 is 0 Å². The van der Waals surface area contributed by atoms with Gasteiger partial charge in [0.15, 0.2) is 5.41 Å². The van der Waals surface area contributed by atoms with Crippen LogP contribution in [0.1, 0.15) is 165 Å². The first kappa shape index (κ1) is 43.0. The molecular formula is C42H74N2O5. The summed E-state index contributed by atoms with van der Waals surface area (Å²) in [5, 5.41) is 14.9. The van der Waals surface area contributed by atoms with Crippen molar-refractivity contribution >= 4 is 11.9 Å². The van der Waals surface area contributed by atoms with Gasteiger partial charge < -0.3 is 19.9 Å². The molecule has 1 saturated heterocycles. The molecule has 0 bridgehead atoms. The van der Waals surface area contributed by atoms with Gasteiger partial charge in [-0.15, -0.1) is 0 Å². The van der Waals surface area contributed by atoms with E-state index in [1.54, 1.807) is 0 Å². The Labute approximate surface area is 300 Å². The van der Waals surface area contributed by atoms with Gasteiger partial charge in [0.2, 0.25) is 0 Å². The third kappa shape index (κ3) is 10.9. The molecule has 2 rings (SSSR count). The van der Waals surface area contributed by atoms with E-state index in [4.69, 9.17) is 9.47 Å². The molecule has 1 fully saturated rings. The third-order valence-electron chi connectivity index (χ3n) is 11.0. The van der Waals surface area contributed by atoms with Crippen LogP contribution in [0.3, 0.4) is 0 Å². The smallest absolute Gasteiger partial charge is 0.324 e. The predicted molar refractivity (Wildman–Crippen MR) is 203 cm³/mol. The Balaban J connectivity index is 2.82. The molecular weight excluding hydrogens is 612 g/mol. The van der Waals surface area contributed by atoms with E-state index in [1.807, 2.05) is 19.2 Å². The summed E-state index contributed by atoms with van der Waals surface area (Å²) in [6.45, 7) is 31.8. The van der Waals surface area contributed by atoms with Gasteiger partial charge >= 0.3 is 11.9 Å². The molecule has 0 saturated carbocycles. The van der Waals surface area contributed by atoms with Gasteiger partial charge in [-0.2, -0.15) is 0 Å². The van der Waals surface area contributed by atoms with Gasteiger partial charge in [-0.25, -0.2) is 0 Å². The Morgan fingerprint density at radius 3 is 1.84 bits per heavy atom. The van der Waals surface area contributed by atoms with Crippen LogP contribution in [0.4, 0.5) is 0 Å². The highest BCUT2D eigenvalue weighted by Gasteiger charge is 2.52. The lowest BCUT2D eigenvalue weighted by Crippen LogP contribution is -2.61. The molecule has 0 aromatic heterocycles. The maximum atomic E-state index is 15.0. The highest BCUT2D eigenvalue weighted by Crippen LogP contribution is 2.44. The van der Waals surface area contributed by atoms with Crippen LogP contribution in [-0.4, -0.2) is 64.9 Å². The van der Waals surface area contributed by atoms with Crippen LogP contribution in [0.2, 0.25) is 0 Å². The first-order valence-electron chi connectivity index (χ1n) is 18.8. The van der Waals surface area contributed by atoms with E-state index in [2.05, 4.69) is 121 Å². The van der Waals surface area contributed by atoms with Crippen LogP contribution < -0.4 is 5.32 Å². The third-order valence-corrected chi connectivity index (χ3v) is 11.0. The minimum atomic E-state index is -1.55. The van der Waals surface area contributed by atoms with E-state index in [-0.39, 0.29) is 51.8 Å². The zero-order valence-electron chi connectivity index (χ0n) is 34.6. The molecule has 0 radical (unpaired) electrons. The molecule has 1 aromatic rings. The van der Waals surface area contributed by atoms with Gasteiger partial charge in [-0.05, 0) is 108 Å². The first-order valence-corrected chi connectivity index (χ1v) is 18.8. The Hall–Kier alpha value is -2.12. The zero-order valence-corrected chi connectivity index (χ0v) is 34.6. The fourth-order valence-electron chi connectivity index (χ4n) is 7.55. The van der Waals surface area contributed by atoms with Crippen molar-refractivity contribution in [1.29, 1.82) is 0 Å². The number of phenols is 1. The molecule has 1 heterocycles. The Kier molecular flexibility index (Phi) is 13.7. The van der Waals surface area contributed by atoms with Crippen molar-refractivity contribution in [3.05, 3.63) is 28.8 Å². The summed E-state index contributed by atoms with van der Waals surface area (Å²) in [4.78, 5) is 32.3. The van der Waals surface area contributed by atoms with Gasteiger partial charge in [0.1, 0.15) is 18.0 Å². The Bertz CT molecular complexity index is 1210. The molecule has 0 aliphatic carbocycles. The molecule has 1 aliphatic rings. The van der Waals surface area contributed by atoms with E-state index in [0.717, 1.165) is 23.1 Å². The summed E-state index contributed by atoms with van der Waals surface area (Å²) < 4.78 is 13.1. The number of carbonyl (C=O) groups is 2. The average molecular weight is 687 g/mol. The molecule has 2 atom stereocenters. The van der Waals surface area contributed by atoms with Crippen LogP contribution in [0.25, 0.3) is 0 Å².